The van der Waals surface area contributed by atoms with Crippen LogP contribution in [0.5, 0.6) is 0 Å². The minimum Gasteiger partial charge on any atom is -0.423 e. The molecule has 29 heavy (non-hydrogen) atoms. The zero-order valence-corrected chi connectivity index (χ0v) is 16.7. The average Bonchev–Trinajstić information content (AvgIpc) is 3.35. The Morgan fingerprint density at radius 3 is 2.66 bits per heavy atom. The Kier molecular flexibility index (Phi) is 4.54. The second-order valence-electron chi connectivity index (χ2n) is 7.72. The number of aromatic nitrogens is 2. The van der Waals surface area contributed by atoms with Crippen LogP contribution in [0.15, 0.2) is 22.1 Å². The number of hydrogen-bond acceptors (Lipinski definition) is 6. The van der Waals surface area contributed by atoms with Crippen molar-refractivity contribution >= 4 is 28.5 Å². The summed E-state index contributed by atoms with van der Waals surface area (Å²) in [5.74, 6) is 0. The molecule has 3 aromatic rings. The number of halogens is 3. The first-order valence-corrected chi connectivity index (χ1v) is 10.8. The quantitative estimate of drug-likeness (QED) is 0.653. The highest BCUT2D eigenvalue weighted by Crippen LogP contribution is 2.43. The maximum Gasteiger partial charge on any atom is 0.418 e. The van der Waals surface area contributed by atoms with Crippen molar-refractivity contribution in [1.82, 2.24) is 15.3 Å². The van der Waals surface area contributed by atoms with E-state index in [4.69, 9.17) is 4.42 Å². The van der Waals surface area contributed by atoms with Crippen LogP contribution in [0.1, 0.15) is 37.3 Å². The van der Waals surface area contributed by atoms with E-state index >= 15 is 0 Å². The van der Waals surface area contributed by atoms with Gasteiger partial charge in [-0.25, -0.2) is 4.98 Å². The zero-order chi connectivity index (χ0) is 20.2. The summed E-state index contributed by atoms with van der Waals surface area (Å²) in [5, 5.41) is 6.02. The minimum atomic E-state index is -4.50. The number of fused-ring (bicyclic) bond motifs is 3. The Hall–Kier alpha value is -2.13. The Morgan fingerprint density at radius 2 is 2.03 bits per heavy atom. The lowest BCUT2D eigenvalue weighted by molar-refractivity contribution is -0.137. The molecular formula is C20H21F3N4OS. The second-order valence-corrected chi connectivity index (χ2v) is 8.61. The second kappa shape index (κ2) is 6.98. The molecule has 2 unspecified atom stereocenters. The van der Waals surface area contributed by atoms with Crippen molar-refractivity contribution in [3.63, 3.8) is 0 Å². The first-order valence-electron chi connectivity index (χ1n) is 9.88. The van der Waals surface area contributed by atoms with Crippen molar-refractivity contribution in [1.29, 1.82) is 0 Å². The highest BCUT2D eigenvalue weighted by atomic mass is 32.1. The van der Waals surface area contributed by atoms with E-state index in [1.54, 1.807) is 24.6 Å². The predicted molar refractivity (Wildman–Crippen MR) is 106 cm³/mol. The molecule has 2 atom stereocenters. The molecular weight excluding hydrogens is 401 g/mol. The molecule has 5 rings (SSSR count). The van der Waals surface area contributed by atoms with Crippen molar-refractivity contribution in [2.45, 2.75) is 50.9 Å². The largest absolute Gasteiger partial charge is 0.423 e. The van der Waals surface area contributed by atoms with Gasteiger partial charge in [-0.2, -0.15) is 18.2 Å². The van der Waals surface area contributed by atoms with E-state index in [1.807, 2.05) is 4.90 Å². The van der Waals surface area contributed by atoms with Crippen LogP contribution in [0.3, 0.4) is 0 Å². The maximum atomic E-state index is 14.0. The highest BCUT2D eigenvalue weighted by Gasteiger charge is 2.39. The summed E-state index contributed by atoms with van der Waals surface area (Å²) in [7, 11) is 0. The minimum absolute atomic E-state index is 0.110. The standard InChI is InChI=1S/C20H21F3N4OS/c1-2-11-8-14(18-24-6-7-29-18)17-16(15(11)20(21,22)23)26-19(28-17)27-9-12-4-3-5-13(10-27)25-12/h6-8,12-13,25H,2-5,9-10H2,1H3. The fraction of sp³-hybridized carbons (Fsp3) is 0.500. The molecule has 4 heterocycles. The van der Waals surface area contributed by atoms with E-state index in [9.17, 15) is 13.2 Å². The van der Waals surface area contributed by atoms with Gasteiger partial charge in [0, 0.05) is 36.8 Å². The summed E-state index contributed by atoms with van der Waals surface area (Å²) >= 11 is 1.38. The molecule has 0 saturated carbocycles. The monoisotopic (exact) mass is 422 g/mol. The third kappa shape index (κ3) is 3.30. The number of rotatable bonds is 3. The van der Waals surface area contributed by atoms with Crippen LogP contribution in [-0.2, 0) is 12.6 Å². The normalized spacial score (nSPS) is 22.4. The van der Waals surface area contributed by atoms with Crippen LogP contribution in [-0.4, -0.2) is 35.1 Å². The number of hydrogen-bond donors (Lipinski definition) is 1. The Balaban J connectivity index is 1.69. The van der Waals surface area contributed by atoms with Crippen LogP contribution < -0.4 is 10.2 Å². The molecule has 2 bridgehead atoms. The molecule has 0 aliphatic carbocycles. The smallest absolute Gasteiger partial charge is 0.418 e. The molecule has 9 heteroatoms. The van der Waals surface area contributed by atoms with Crippen molar-refractivity contribution in [2.24, 2.45) is 0 Å². The molecule has 0 spiro atoms. The fourth-order valence-electron chi connectivity index (χ4n) is 4.53. The molecule has 154 valence electrons. The van der Waals surface area contributed by atoms with E-state index < -0.39 is 11.7 Å². The fourth-order valence-corrected chi connectivity index (χ4v) is 5.18. The average molecular weight is 422 g/mol. The predicted octanol–water partition coefficient (Wildman–Crippen LogP) is 4.86. The molecule has 1 aromatic carbocycles. The van der Waals surface area contributed by atoms with E-state index in [0.717, 1.165) is 12.8 Å². The summed E-state index contributed by atoms with van der Waals surface area (Å²) in [5.41, 5.74) is 0.158. The summed E-state index contributed by atoms with van der Waals surface area (Å²) in [6.45, 7) is 3.11. The van der Waals surface area contributed by atoms with Gasteiger partial charge < -0.3 is 14.6 Å². The lowest BCUT2D eigenvalue weighted by atomic mass is 9.94. The molecule has 2 aliphatic heterocycles. The Bertz CT molecular complexity index is 1020. The number of alkyl halides is 3. The number of aryl methyl sites for hydroxylation is 1. The number of thiazole rings is 1. The third-order valence-electron chi connectivity index (χ3n) is 5.79. The van der Waals surface area contributed by atoms with Crippen molar-refractivity contribution < 1.29 is 17.6 Å². The molecule has 0 amide bonds. The van der Waals surface area contributed by atoms with Gasteiger partial charge in [-0.15, -0.1) is 11.3 Å². The molecule has 0 radical (unpaired) electrons. The first-order chi connectivity index (χ1) is 13.9. The van der Waals surface area contributed by atoms with Gasteiger partial charge in [0.15, 0.2) is 5.58 Å². The Morgan fingerprint density at radius 1 is 1.28 bits per heavy atom. The molecule has 2 saturated heterocycles. The molecule has 2 fully saturated rings. The van der Waals surface area contributed by atoms with Crippen molar-refractivity contribution in [3.05, 3.63) is 28.8 Å². The van der Waals surface area contributed by atoms with Gasteiger partial charge in [-0.05, 0) is 30.9 Å². The summed E-state index contributed by atoms with van der Waals surface area (Å²) < 4.78 is 47.9. The maximum absolute atomic E-state index is 14.0. The first kappa shape index (κ1) is 18.9. The molecule has 2 aliphatic rings. The zero-order valence-electron chi connectivity index (χ0n) is 15.9. The van der Waals surface area contributed by atoms with Gasteiger partial charge in [-0.3, -0.25) is 0 Å². The topological polar surface area (TPSA) is 54.2 Å². The summed E-state index contributed by atoms with van der Waals surface area (Å²) in [6, 6.07) is 2.48. The molecule has 2 aromatic heterocycles. The third-order valence-corrected chi connectivity index (χ3v) is 6.60. The van der Waals surface area contributed by atoms with Crippen LogP contribution in [0, 0.1) is 0 Å². The van der Waals surface area contributed by atoms with Gasteiger partial charge in [0.2, 0.25) is 0 Å². The van der Waals surface area contributed by atoms with Gasteiger partial charge in [0.05, 0.1) is 11.1 Å². The number of anilines is 1. The van der Waals surface area contributed by atoms with Crippen molar-refractivity contribution in [3.8, 4) is 10.6 Å². The van der Waals surface area contributed by atoms with E-state index in [2.05, 4.69) is 15.3 Å². The summed E-state index contributed by atoms with van der Waals surface area (Å²) in [4.78, 5) is 10.7. The SMILES string of the molecule is CCc1cc(-c2nccs2)c2oc(N3CC4CCCC(C3)N4)nc2c1C(F)(F)F. The number of benzene rings is 1. The van der Waals surface area contributed by atoms with Crippen LogP contribution in [0.4, 0.5) is 19.2 Å². The lowest BCUT2D eigenvalue weighted by Gasteiger charge is -2.41. The van der Waals surface area contributed by atoms with Crippen LogP contribution >= 0.6 is 11.3 Å². The van der Waals surface area contributed by atoms with Crippen LogP contribution in [0.25, 0.3) is 21.7 Å². The number of piperidine rings is 1. The Labute approximate surface area is 169 Å². The number of nitrogens with one attached hydrogen (secondary N) is 1. The van der Waals surface area contributed by atoms with Gasteiger partial charge in [0.25, 0.3) is 6.01 Å². The van der Waals surface area contributed by atoms with E-state index in [1.165, 1.54) is 17.8 Å². The van der Waals surface area contributed by atoms with Gasteiger partial charge in [0.1, 0.15) is 10.5 Å². The van der Waals surface area contributed by atoms with Crippen molar-refractivity contribution in [2.75, 3.05) is 18.0 Å². The summed E-state index contributed by atoms with van der Waals surface area (Å²) in [6.07, 6.45) is 0.693. The van der Waals surface area contributed by atoms with Crippen LogP contribution in [0.2, 0.25) is 0 Å². The van der Waals surface area contributed by atoms with Gasteiger partial charge in [-0.1, -0.05) is 13.3 Å². The number of nitrogens with zero attached hydrogens (tertiary/aromatic N) is 3. The molecule has 5 nitrogen and oxygen atoms in total. The van der Waals surface area contributed by atoms with E-state index in [-0.39, 0.29) is 29.1 Å². The number of piperazine rings is 1. The highest BCUT2D eigenvalue weighted by molar-refractivity contribution is 7.13. The number of oxazole rings is 1. The van der Waals surface area contributed by atoms with E-state index in [0.29, 0.717) is 35.7 Å². The molecule has 1 N–H and O–H groups in total. The van der Waals surface area contributed by atoms with Gasteiger partial charge >= 0.3 is 6.18 Å². The lowest BCUT2D eigenvalue weighted by Crippen LogP contribution is -2.58.